The number of rotatable bonds is 7. The molecule has 32 heavy (non-hydrogen) atoms. The second-order valence-corrected chi connectivity index (χ2v) is 6.87. The lowest BCUT2D eigenvalue weighted by Crippen LogP contribution is -2.36. The smallest absolute Gasteiger partial charge is 0.475 e. The Labute approximate surface area is 182 Å². The van der Waals surface area contributed by atoms with E-state index in [2.05, 4.69) is 20.4 Å². The van der Waals surface area contributed by atoms with Crippen molar-refractivity contribution >= 4 is 17.8 Å². The molecule has 176 valence electrons. The summed E-state index contributed by atoms with van der Waals surface area (Å²) in [6.45, 7) is 5.40. The van der Waals surface area contributed by atoms with E-state index in [0.717, 1.165) is 25.2 Å². The molecule has 1 atom stereocenters. The normalized spacial score (nSPS) is 15.8. The quantitative estimate of drug-likeness (QED) is 0.644. The van der Waals surface area contributed by atoms with Crippen LogP contribution < -0.4 is 5.32 Å². The highest BCUT2D eigenvalue weighted by Crippen LogP contribution is 2.18. The Bertz CT molecular complexity index is 862. The van der Waals surface area contributed by atoms with Crippen LogP contribution in [0.1, 0.15) is 19.0 Å². The van der Waals surface area contributed by atoms with Crippen molar-refractivity contribution in [1.82, 2.24) is 24.6 Å². The fraction of sp³-hybridized carbons (Fsp3) is 0.526. The van der Waals surface area contributed by atoms with Crippen LogP contribution in [0, 0.1) is 5.92 Å². The lowest BCUT2D eigenvalue weighted by molar-refractivity contribution is -0.192. The molecular weight excluding hydrogens is 433 g/mol. The molecule has 0 spiro atoms. The predicted molar refractivity (Wildman–Crippen MR) is 106 cm³/mol. The summed E-state index contributed by atoms with van der Waals surface area (Å²) in [5.41, 5.74) is 1.06. The van der Waals surface area contributed by atoms with Gasteiger partial charge in [-0.1, -0.05) is 0 Å². The van der Waals surface area contributed by atoms with Crippen LogP contribution in [-0.4, -0.2) is 74.1 Å². The Morgan fingerprint density at radius 3 is 2.56 bits per heavy atom. The molecule has 2 N–H and O–H groups in total. The van der Waals surface area contributed by atoms with Gasteiger partial charge < -0.3 is 20.1 Å². The van der Waals surface area contributed by atoms with Crippen molar-refractivity contribution in [2.24, 2.45) is 5.92 Å². The van der Waals surface area contributed by atoms with Gasteiger partial charge in [-0.3, -0.25) is 9.48 Å². The number of carbonyl (C=O) groups is 2. The minimum atomic E-state index is -5.08. The van der Waals surface area contributed by atoms with Crippen LogP contribution in [0.5, 0.6) is 0 Å². The summed E-state index contributed by atoms with van der Waals surface area (Å²) in [6.07, 6.45) is 1.03. The van der Waals surface area contributed by atoms with Gasteiger partial charge in [0.15, 0.2) is 0 Å². The summed E-state index contributed by atoms with van der Waals surface area (Å²) in [5.74, 6) is -1.79. The number of aromatic nitrogens is 4. The largest absolute Gasteiger partial charge is 0.490 e. The van der Waals surface area contributed by atoms with Crippen LogP contribution in [0.3, 0.4) is 0 Å². The summed E-state index contributed by atoms with van der Waals surface area (Å²) in [4.78, 5) is 31.5. The highest BCUT2D eigenvalue weighted by molar-refractivity contribution is 5.77. The van der Waals surface area contributed by atoms with Gasteiger partial charge in [0.05, 0.1) is 12.2 Å². The SMILES string of the molecule is CCOCC(=O)N1Cc2ccnn2CC(CCNc2ncccn2)C1.O=C(O)C(F)(F)F. The van der Waals surface area contributed by atoms with Gasteiger partial charge >= 0.3 is 12.1 Å². The zero-order valence-corrected chi connectivity index (χ0v) is 17.5. The van der Waals surface area contributed by atoms with E-state index in [4.69, 9.17) is 14.6 Å². The highest BCUT2D eigenvalue weighted by Gasteiger charge is 2.38. The monoisotopic (exact) mass is 458 g/mol. The van der Waals surface area contributed by atoms with E-state index in [1.807, 2.05) is 22.6 Å². The Morgan fingerprint density at radius 1 is 1.25 bits per heavy atom. The van der Waals surface area contributed by atoms with Crippen LogP contribution in [0.15, 0.2) is 30.7 Å². The Kier molecular flexibility index (Phi) is 9.38. The van der Waals surface area contributed by atoms with E-state index in [1.165, 1.54) is 0 Å². The zero-order valence-electron chi connectivity index (χ0n) is 17.5. The van der Waals surface area contributed by atoms with Gasteiger partial charge in [-0.2, -0.15) is 18.3 Å². The minimum Gasteiger partial charge on any atom is -0.475 e. The summed E-state index contributed by atoms with van der Waals surface area (Å²) >= 11 is 0. The maximum absolute atomic E-state index is 12.4. The van der Waals surface area contributed by atoms with Crippen molar-refractivity contribution in [2.45, 2.75) is 32.6 Å². The van der Waals surface area contributed by atoms with E-state index < -0.39 is 12.1 Å². The number of aliphatic carboxylic acids is 1. The molecule has 3 heterocycles. The molecule has 0 saturated carbocycles. The first kappa shape index (κ1) is 25.0. The van der Waals surface area contributed by atoms with E-state index >= 15 is 0 Å². The number of ether oxygens (including phenoxy) is 1. The first-order chi connectivity index (χ1) is 15.2. The molecule has 1 unspecified atom stereocenters. The molecule has 13 heteroatoms. The first-order valence-electron chi connectivity index (χ1n) is 9.88. The molecular formula is C19H25F3N6O4. The van der Waals surface area contributed by atoms with E-state index in [9.17, 15) is 18.0 Å². The maximum atomic E-state index is 12.4. The molecule has 0 aromatic carbocycles. The maximum Gasteiger partial charge on any atom is 0.490 e. The lowest BCUT2D eigenvalue weighted by atomic mass is 10.1. The molecule has 1 aliphatic rings. The predicted octanol–water partition coefficient (Wildman–Crippen LogP) is 1.80. The number of anilines is 1. The van der Waals surface area contributed by atoms with Crippen molar-refractivity contribution in [1.29, 1.82) is 0 Å². The first-order valence-corrected chi connectivity index (χ1v) is 9.88. The van der Waals surface area contributed by atoms with Crippen LogP contribution >= 0.6 is 0 Å². The van der Waals surface area contributed by atoms with Crippen molar-refractivity contribution in [3.63, 3.8) is 0 Å². The number of carbonyl (C=O) groups excluding carboxylic acids is 1. The van der Waals surface area contributed by atoms with Crippen LogP contribution in [-0.2, 0) is 27.4 Å². The Morgan fingerprint density at radius 2 is 1.94 bits per heavy atom. The van der Waals surface area contributed by atoms with E-state index in [0.29, 0.717) is 31.6 Å². The molecule has 1 aliphatic heterocycles. The number of nitrogens with one attached hydrogen (secondary N) is 1. The molecule has 0 bridgehead atoms. The number of amides is 1. The molecule has 3 rings (SSSR count). The van der Waals surface area contributed by atoms with Gasteiger partial charge in [-0.15, -0.1) is 0 Å². The third kappa shape index (κ3) is 8.13. The molecule has 0 aliphatic carbocycles. The van der Waals surface area contributed by atoms with Gasteiger partial charge in [0.25, 0.3) is 0 Å². The number of nitrogens with zero attached hydrogens (tertiary/aromatic N) is 5. The van der Waals surface area contributed by atoms with Crippen molar-refractivity contribution < 1.29 is 32.6 Å². The Hall–Kier alpha value is -3.22. The number of fused-ring (bicyclic) bond motifs is 1. The Balaban J connectivity index is 0.000000451. The lowest BCUT2D eigenvalue weighted by Gasteiger charge is -2.24. The average molecular weight is 458 g/mol. The average Bonchev–Trinajstić information content (AvgIpc) is 3.10. The molecule has 0 saturated heterocycles. The number of hydrogen-bond donors (Lipinski definition) is 2. The fourth-order valence-corrected chi connectivity index (χ4v) is 2.96. The highest BCUT2D eigenvalue weighted by atomic mass is 19.4. The van der Waals surface area contributed by atoms with E-state index in [1.54, 1.807) is 24.7 Å². The van der Waals surface area contributed by atoms with E-state index in [-0.39, 0.29) is 12.5 Å². The molecule has 0 fully saturated rings. The van der Waals surface area contributed by atoms with Gasteiger partial charge in [-0.05, 0) is 31.4 Å². The van der Waals surface area contributed by atoms with Crippen LogP contribution in [0.4, 0.5) is 19.1 Å². The van der Waals surface area contributed by atoms with Gasteiger partial charge in [-0.25, -0.2) is 14.8 Å². The van der Waals surface area contributed by atoms with Gasteiger partial charge in [0.1, 0.15) is 6.61 Å². The topological polar surface area (TPSA) is 122 Å². The molecule has 10 nitrogen and oxygen atoms in total. The van der Waals surface area contributed by atoms with Crippen LogP contribution in [0.2, 0.25) is 0 Å². The second-order valence-electron chi connectivity index (χ2n) is 6.87. The van der Waals surface area contributed by atoms with Gasteiger partial charge in [0, 0.05) is 44.8 Å². The number of hydrogen-bond acceptors (Lipinski definition) is 7. The van der Waals surface area contributed by atoms with Crippen molar-refractivity contribution in [3.8, 4) is 0 Å². The zero-order chi connectivity index (χ0) is 23.6. The van der Waals surface area contributed by atoms with Crippen molar-refractivity contribution in [2.75, 3.05) is 31.6 Å². The summed E-state index contributed by atoms with van der Waals surface area (Å²) in [7, 11) is 0. The summed E-state index contributed by atoms with van der Waals surface area (Å²) < 4.78 is 39.0. The minimum absolute atomic E-state index is 0.0286. The molecule has 2 aromatic rings. The third-order valence-electron chi connectivity index (χ3n) is 4.49. The number of alkyl halides is 3. The number of halogens is 3. The van der Waals surface area contributed by atoms with Crippen LogP contribution in [0.25, 0.3) is 0 Å². The second kappa shape index (κ2) is 12.0. The molecule has 1 amide bonds. The summed E-state index contributed by atoms with van der Waals surface area (Å²) in [5, 5.41) is 14.7. The molecule has 0 radical (unpaired) electrons. The third-order valence-corrected chi connectivity index (χ3v) is 4.49. The fourth-order valence-electron chi connectivity index (χ4n) is 2.96. The number of carboxylic acid groups (broad SMARTS) is 1. The number of carboxylic acids is 1. The summed E-state index contributed by atoms with van der Waals surface area (Å²) in [6, 6.07) is 3.76. The van der Waals surface area contributed by atoms with Crippen molar-refractivity contribution in [3.05, 3.63) is 36.4 Å². The standard InChI is InChI=1S/C17H24N6O2.C2HF3O2/c1-2-25-13-16(24)22-10-14(11-23-15(12-22)5-9-21-23)4-8-20-17-18-6-3-7-19-17;3-2(4,5)1(6)7/h3,5-7,9,14H,2,4,8,10-13H2,1H3,(H,18,19,20);(H,6,7). The molecule has 2 aromatic heterocycles. The van der Waals surface area contributed by atoms with Gasteiger partial charge in [0.2, 0.25) is 11.9 Å².